The number of amides is 1. The molecule has 0 spiro atoms. The molecule has 1 aliphatic carbocycles. The summed E-state index contributed by atoms with van der Waals surface area (Å²) in [7, 11) is 3.03. The highest BCUT2D eigenvalue weighted by Gasteiger charge is 2.51. The molecular weight excluding hydrogens is 473 g/mol. The van der Waals surface area contributed by atoms with Crippen molar-refractivity contribution in [1.29, 1.82) is 0 Å². The highest BCUT2D eigenvalue weighted by molar-refractivity contribution is 6.30. The molecule has 0 radical (unpaired) electrons. The standard InChI is InChI=1S/C25H21ClFN5O3/c1-34-20-7-6-14(10-21(20)35-2)22-18(23-29-31-32-30-23)12-17(13-19(22)27)28-24(33)25(8-9-25)15-4-3-5-16(26)11-15/h3-7,10-13H,8-9H2,1-2H3,(H,28,33)(H,29,30,31,32). The Bertz CT molecular complexity index is 1410. The number of hydrogen-bond donors (Lipinski definition) is 2. The third kappa shape index (κ3) is 4.19. The second-order valence-electron chi connectivity index (χ2n) is 8.25. The SMILES string of the molecule is COc1ccc(-c2c(F)cc(NC(=O)C3(c4cccc(Cl)c4)CC3)cc2-c2nnn[nH]2)cc1OC. The van der Waals surface area contributed by atoms with E-state index in [-0.39, 0.29) is 23.0 Å². The fourth-order valence-electron chi connectivity index (χ4n) is 4.23. The fourth-order valence-corrected chi connectivity index (χ4v) is 4.42. The Balaban J connectivity index is 1.55. The zero-order valence-corrected chi connectivity index (χ0v) is 19.7. The number of tetrazole rings is 1. The Morgan fingerprint density at radius 1 is 1.09 bits per heavy atom. The van der Waals surface area contributed by atoms with E-state index in [1.54, 1.807) is 36.4 Å². The molecular formula is C25H21ClFN5O3. The maximum atomic E-state index is 15.6. The first-order valence-electron chi connectivity index (χ1n) is 10.8. The zero-order chi connectivity index (χ0) is 24.6. The quantitative estimate of drug-likeness (QED) is 0.375. The number of halogens is 2. The molecule has 0 unspecified atom stereocenters. The number of hydrogen-bond acceptors (Lipinski definition) is 6. The van der Waals surface area contributed by atoms with Crippen molar-refractivity contribution in [3.63, 3.8) is 0 Å². The molecule has 0 saturated heterocycles. The van der Waals surface area contributed by atoms with Crippen LogP contribution in [0.15, 0.2) is 54.6 Å². The van der Waals surface area contributed by atoms with Crippen molar-refractivity contribution < 1.29 is 18.7 Å². The molecule has 3 aromatic carbocycles. The summed E-state index contributed by atoms with van der Waals surface area (Å²) in [6.07, 6.45) is 1.37. The van der Waals surface area contributed by atoms with Gasteiger partial charge in [-0.15, -0.1) is 5.10 Å². The number of aromatic nitrogens is 4. The van der Waals surface area contributed by atoms with Crippen LogP contribution in [0, 0.1) is 5.82 Å². The molecule has 1 aliphatic rings. The first-order valence-corrected chi connectivity index (χ1v) is 11.2. The van der Waals surface area contributed by atoms with Gasteiger partial charge in [0.15, 0.2) is 17.3 Å². The molecule has 178 valence electrons. The zero-order valence-electron chi connectivity index (χ0n) is 18.9. The van der Waals surface area contributed by atoms with E-state index < -0.39 is 11.2 Å². The Morgan fingerprint density at radius 3 is 2.54 bits per heavy atom. The van der Waals surface area contributed by atoms with Crippen molar-refractivity contribution in [3.05, 3.63) is 71.0 Å². The highest BCUT2D eigenvalue weighted by atomic mass is 35.5. The summed E-state index contributed by atoms with van der Waals surface area (Å²) in [4.78, 5) is 13.3. The van der Waals surface area contributed by atoms with Crippen LogP contribution in [0.2, 0.25) is 5.02 Å². The lowest BCUT2D eigenvalue weighted by atomic mass is 9.94. The minimum absolute atomic E-state index is 0.223. The average molecular weight is 494 g/mol. The van der Waals surface area contributed by atoms with E-state index in [2.05, 4.69) is 25.9 Å². The molecule has 2 N–H and O–H groups in total. The fraction of sp³-hybridized carbons (Fsp3) is 0.200. The number of rotatable bonds is 7. The molecule has 10 heteroatoms. The normalized spacial score (nSPS) is 13.8. The number of methoxy groups -OCH3 is 2. The summed E-state index contributed by atoms with van der Waals surface area (Å²) in [5.41, 5.74) is 1.60. The molecule has 1 amide bonds. The predicted octanol–water partition coefficient (Wildman–Crippen LogP) is 5.01. The second kappa shape index (κ2) is 8.99. The maximum absolute atomic E-state index is 15.6. The topological polar surface area (TPSA) is 102 Å². The predicted molar refractivity (Wildman–Crippen MR) is 129 cm³/mol. The van der Waals surface area contributed by atoms with Gasteiger partial charge in [-0.25, -0.2) is 9.49 Å². The number of carbonyl (C=O) groups is 1. The summed E-state index contributed by atoms with van der Waals surface area (Å²) in [5.74, 6) is 0.425. The van der Waals surface area contributed by atoms with E-state index in [0.717, 1.165) is 5.56 Å². The van der Waals surface area contributed by atoms with Crippen LogP contribution in [0.4, 0.5) is 10.1 Å². The highest BCUT2D eigenvalue weighted by Crippen LogP contribution is 2.49. The lowest BCUT2D eigenvalue weighted by Gasteiger charge is -2.18. The van der Waals surface area contributed by atoms with Gasteiger partial charge >= 0.3 is 0 Å². The first kappa shape index (κ1) is 22.8. The molecule has 1 saturated carbocycles. The molecule has 0 aliphatic heterocycles. The van der Waals surface area contributed by atoms with E-state index in [4.69, 9.17) is 21.1 Å². The van der Waals surface area contributed by atoms with Gasteiger partial charge in [-0.3, -0.25) is 4.79 Å². The van der Waals surface area contributed by atoms with Gasteiger partial charge in [-0.1, -0.05) is 29.8 Å². The molecule has 35 heavy (non-hydrogen) atoms. The number of ether oxygens (including phenoxy) is 2. The number of H-pyrrole nitrogens is 1. The molecule has 1 aromatic heterocycles. The summed E-state index contributed by atoms with van der Waals surface area (Å²) < 4.78 is 26.3. The molecule has 5 rings (SSSR count). The number of carbonyl (C=O) groups excluding carboxylic acids is 1. The Labute approximate surface area is 205 Å². The number of nitrogens with zero attached hydrogens (tertiary/aromatic N) is 3. The smallest absolute Gasteiger partial charge is 0.235 e. The van der Waals surface area contributed by atoms with E-state index in [0.29, 0.717) is 40.5 Å². The molecule has 1 heterocycles. The van der Waals surface area contributed by atoms with Gasteiger partial charge in [0.05, 0.1) is 19.6 Å². The van der Waals surface area contributed by atoms with Gasteiger partial charge in [0.2, 0.25) is 5.91 Å². The molecule has 8 nitrogen and oxygen atoms in total. The van der Waals surface area contributed by atoms with E-state index >= 15 is 4.39 Å². The van der Waals surface area contributed by atoms with Crippen LogP contribution >= 0.6 is 11.6 Å². The Kier molecular flexibility index (Phi) is 5.86. The van der Waals surface area contributed by atoms with Crippen molar-refractivity contribution >= 4 is 23.2 Å². The summed E-state index contributed by atoms with van der Waals surface area (Å²) in [5, 5.41) is 17.3. The number of nitrogens with one attached hydrogen (secondary N) is 2. The van der Waals surface area contributed by atoms with Crippen molar-refractivity contribution in [3.8, 4) is 34.0 Å². The van der Waals surface area contributed by atoms with Crippen LogP contribution in [-0.4, -0.2) is 40.8 Å². The Morgan fingerprint density at radius 2 is 1.89 bits per heavy atom. The molecule has 0 atom stereocenters. The van der Waals surface area contributed by atoms with Crippen molar-refractivity contribution in [1.82, 2.24) is 20.6 Å². The van der Waals surface area contributed by atoms with E-state index in [1.165, 1.54) is 20.3 Å². The van der Waals surface area contributed by atoms with Gasteiger partial charge in [0.1, 0.15) is 5.82 Å². The van der Waals surface area contributed by atoms with Crippen molar-refractivity contribution in [2.24, 2.45) is 0 Å². The summed E-state index contributed by atoms with van der Waals surface area (Å²) in [6.45, 7) is 0. The maximum Gasteiger partial charge on any atom is 0.235 e. The molecule has 0 bridgehead atoms. The van der Waals surface area contributed by atoms with Gasteiger partial charge in [0.25, 0.3) is 0 Å². The van der Waals surface area contributed by atoms with Crippen molar-refractivity contribution in [2.75, 3.05) is 19.5 Å². The van der Waals surface area contributed by atoms with E-state index in [9.17, 15) is 4.79 Å². The van der Waals surface area contributed by atoms with Crippen LogP contribution in [0.25, 0.3) is 22.5 Å². The Hall–Kier alpha value is -3.98. The van der Waals surface area contributed by atoms with Crippen LogP contribution in [0.3, 0.4) is 0 Å². The monoisotopic (exact) mass is 493 g/mol. The van der Waals surface area contributed by atoms with Crippen molar-refractivity contribution in [2.45, 2.75) is 18.3 Å². The number of benzene rings is 3. The third-order valence-electron chi connectivity index (χ3n) is 6.18. The first-order chi connectivity index (χ1) is 16.9. The van der Waals surface area contributed by atoms with Gasteiger partial charge in [0, 0.05) is 21.8 Å². The lowest BCUT2D eigenvalue weighted by molar-refractivity contribution is -0.118. The average Bonchev–Trinajstić information content (AvgIpc) is 3.50. The largest absolute Gasteiger partial charge is 0.493 e. The van der Waals surface area contributed by atoms with Crippen LogP contribution in [-0.2, 0) is 10.2 Å². The second-order valence-corrected chi connectivity index (χ2v) is 8.68. The third-order valence-corrected chi connectivity index (χ3v) is 6.42. The summed E-state index contributed by atoms with van der Waals surface area (Å²) >= 11 is 6.14. The van der Waals surface area contributed by atoms with Crippen LogP contribution in [0.1, 0.15) is 18.4 Å². The van der Waals surface area contributed by atoms with Gasteiger partial charge in [-0.2, -0.15) is 0 Å². The van der Waals surface area contributed by atoms with Gasteiger partial charge < -0.3 is 14.8 Å². The molecule has 4 aromatic rings. The lowest BCUT2D eigenvalue weighted by Crippen LogP contribution is -2.27. The van der Waals surface area contributed by atoms with Gasteiger partial charge in [-0.05, 0) is 70.8 Å². The van der Waals surface area contributed by atoms with Crippen LogP contribution in [0.5, 0.6) is 11.5 Å². The number of anilines is 1. The summed E-state index contributed by atoms with van der Waals surface area (Å²) in [6, 6.07) is 15.2. The van der Waals surface area contributed by atoms with E-state index in [1.807, 2.05) is 12.1 Å². The molecule has 1 fully saturated rings. The minimum Gasteiger partial charge on any atom is -0.493 e. The van der Waals surface area contributed by atoms with Crippen LogP contribution < -0.4 is 14.8 Å². The number of aromatic amines is 1. The minimum atomic E-state index is -0.683.